The minimum absolute atomic E-state index is 0.0849. The minimum Gasteiger partial charge on any atom is -0.452 e. The van der Waals surface area contributed by atoms with Gasteiger partial charge < -0.3 is 10.5 Å². The van der Waals surface area contributed by atoms with Crippen LogP contribution in [0.15, 0.2) is 36.4 Å². The van der Waals surface area contributed by atoms with Crippen LogP contribution in [0.2, 0.25) is 10.0 Å². The van der Waals surface area contributed by atoms with Crippen molar-refractivity contribution in [1.82, 2.24) is 0 Å². The summed E-state index contributed by atoms with van der Waals surface area (Å²) in [6.07, 6.45) is 0. The first kappa shape index (κ1) is 14.1. The van der Waals surface area contributed by atoms with E-state index in [0.29, 0.717) is 21.4 Å². The highest BCUT2D eigenvalue weighted by Crippen LogP contribution is 2.35. The Morgan fingerprint density at radius 3 is 2.58 bits per heavy atom. The van der Waals surface area contributed by atoms with Gasteiger partial charge in [-0.05, 0) is 31.2 Å². The molecule has 100 valence electrons. The molecule has 0 radical (unpaired) electrons. The summed E-state index contributed by atoms with van der Waals surface area (Å²) in [6, 6.07) is 9.00. The van der Waals surface area contributed by atoms with Crippen molar-refractivity contribution in [2.75, 3.05) is 0 Å². The first-order valence-corrected chi connectivity index (χ1v) is 6.41. The van der Waals surface area contributed by atoms with E-state index in [-0.39, 0.29) is 11.8 Å². The van der Waals surface area contributed by atoms with Crippen LogP contribution in [0.25, 0.3) is 0 Å². The van der Waals surface area contributed by atoms with Gasteiger partial charge in [-0.1, -0.05) is 35.3 Å². The van der Waals surface area contributed by atoms with E-state index in [9.17, 15) is 4.39 Å². The Morgan fingerprint density at radius 2 is 1.95 bits per heavy atom. The molecular formula is C14H12Cl2FNO. The van der Waals surface area contributed by atoms with E-state index < -0.39 is 5.82 Å². The molecule has 5 heteroatoms. The molecule has 0 aliphatic heterocycles. The fourth-order valence-electron chi connectivity index (χ4n) is 1.66. The number of rotatable bonds is 3. The SMILES string of the molecule is C[C@H](N)c1cccc(F)c1Oc1ccc(Cl)cc1Cl. The molecule has 0 aliphatic rings. The second-order valence-electron chi connectivity index (χ2n) is 4.12. The number of para-hydroxylation sites is 1. The molecule has 0 amide bonds. The van der Waals surface area contributed by atoms with Crippen LogP contribution in [0.1, 0.15) is 18.5 Å². The van der Waals surface area contributed by atoms with E-state index in [1.165, 1.54) is 12.1 Å². The van der Waals surface area contributed by atoms with Crippen LogP contribution in [0.3, 0.4) is 0 Å². The van der Waals surface area contributed by atoms with Crippen molar-refractivity contribution in [2.45, 2.75) is 13.0 Å². The molecule has 2 nitrogen and oxygen atoms in total. The van der Waals surface area contributed by atoms with Gasteiger partial charge in [-0.2, -0.15) is 0 Å². The summed E-state index contributed by atoms with van der Waals surface area (Å²) in [4.78, 5) is 0. The highest BCUT2D eigenvalue weighted by Gasteiger charge is 2.15. The van der Waals surface area contributed by atoms with Gasteiger partial charge in [0.05, 0.1) is 5.02 Å². The van der Waals surface area contributed by atoms with Crippen LogP contribution in [-0.2, 0) is 0 Å². The van der Waals surface area contributed by atoms with Gasteiger partial charge in [0.2, 0.25) is 0 Å². The summed E-state index contributed by atoms with van der Waals surface area (Å²) in [7, 11) is 0. The van der Waals surface area contributed by atoms with Gasteiger partial charge in [-0.15, -0.1) is 0 Å². The molecular weight excluding hydrogens is 288 g/mol. The fourth-order valence-corrected chi connectivity index (χ4v) is 2.11. The molecule has 0 saturated carbocycles. The maximum Gasteiger partial charge on any atom is 0.167 e. The molecule has 2 aromatic rings. The van der Waals surface area contributed by atoms with Gasteiger partial charge in [-0.25, -0.2) is 4.39 Å². The zero-order valence-electron chi connectivity index (χ0n) is 10.2. The first-order chi connectivity index (χ1) is 8.99. The van der Waals surface area contributed by atoms with Gasteiger partial charge in [0.25, 0.3) is 0 Å². The summed E-state index contributed by atoms with van der Waals surface area (Å²) in [5.74, 6) is -0.0689. The highest BCUT2D eigenvalue weighted by molar-refractivity contribution is 6.35. The Kier molecular flexibility index (Phi) is 4.30. The maximum absolute atomic E-state index is 13.9. The van der Waals surface area contributed by atoms with Crippen molar-refractivity contribution in [3.8, 4) is 11.5 Å². The average molecular weight is 300 g/mol. The summed E-state index contributed by atoms with van der Waals surface area (Å²) in [6.45, 7) is 1.76. The lowest BCUT2D eigenvalue weighted by atomic mass is 10.1. The summed E-state index contributed by atoms with van der Waals surface area (Å²) in [5.41, 5.74) is 6.37. The zero-order chi connectivity index (χ0) is 14.0. The molecule has 0 saturated heterocycles. The van der Waals surface area contributed by atoms with Crippen LogP contribution in [0.5, 0.6) is 11.5 Å². The van der Waals surface area contributed by atoms with Crippen molar-refractivity contribution >= 4 is 23.2 Å². The molecule has 0 aliphatic carbocycles. The van der Waals surface area contributed by atoms with Gasteiger partial charge in [-0.3, -0.25) is 0 Å². The lowest BCUT2D eigenvalue weighted by Gasteiger charge is -2.15. The van der Waals surface area contributed by atoms with Gasteiger partial charge >= 0.3 is 0 Å². The van der Waals surface area contributed by atoms with Crippen molar-refractivity contribution in [1.29, 1.82) is 0 Å². The quantitative estimate of drug-likeness (QED) is 0.871. The monoisotopic (exact) mass is 299 g/mol. The molecule has 0 aromatic heterocycles. The Labute approximate surface area is 120 Å². The highest BCUT2D eigenvalue weighted by atomic mass is 35.5. The van der Waals surface area contributed by atoms with Crippen LogP contribution in [-0.4, -0.2) is 0 Å². The van der Waals surface area contributed by atoms with E-state index in [4.69, 9.17) is 33.7 Å². The molecule has 0 bridgehead atoms. The lowest BCUT2D eigenvalue weighted by Crippen LogP contribution is -2.07. The maximum atomic E-state index is 13.9. The van der Waals surface area contributed by atoms with Crippen molar-refractivity contribution in [2.24, 2.45) is 5.73 Å². The van der Waals surface area contributed by atoms with Gasteiger partial charge in [0.1, 0.15) is 5.75 Å². The van der Waals surface area contributed by atoms with Crippen molar-refractivity contribution in [3.63, 3.8) is 0 Å². The van der Waals surface area contributed by atoms with E-state index in [2.05, 4.69) is 0 Å². The van der Waals surface area contributed by atoms with Crippen LogP contribution in [0.4, 0.5) is 4.39 Å². The molecule has 1 atom stereocenters. The van der Waals surface area contributed by atoms with Gasteiger partial charge in [0.15, 0.2) is 11.6 Å². The first-order valence-electron chi connectivity index (χ1n) is 5.66. The van der Waals surface area contributed by atoms with E-state index in [1.54, 1.807) is 31.2 Å². The van der Waals surface area contributed by atoms with Crippen LogP contribution in [0, 0.1) is 5.82 Å². The van der Waals surface area contributed by atoms with Crippen LogP contribution >= 0.6 is 23.2 Å². The predicted molar refractivity (Wildman–Crippen MR) is 75.5 cm³/mol. The molecule has 2 N–H and O–H groups in total. The van der Waals surface area contributed by atoms with Crippen LogP contribution < -0.4 is 10.5 Å². The Morgan fingerprint density at radius 1 is 1.21 bits per heavy atom. The van der Waals surface area contributed by atoms with E-state index in [1.807, 2.05) is 0 Å². The Bertz CT molecular complexity index is 602. The predicted octanol–water partition coefficient (Wildman–Crippen LogP) is 4.94. The lowest BCUT2D eigenvalue weighted by molar-refractivity contribution is 0.433. The molecule has 2 rings (SSSR count). The minimum atomic E-state index is -0.485. The second-order valence-corrected chi connectivity index (χ2v) is 4.97. The molecule has 2 aromatic carbocycles. The second kappa shape index (κ2) is 5.78. The number of nitrogens with two attached hydrogens (primary N) is 1. The molecule has 0 fully saturated rings. The van der Waals surface area contributed by atoms with Gasteiger partial charge in [0, 0.05) is 16.6 Å². The molecule has 0 unspecified atom stereocenters. The number of benzene rings is 2. The smallest absolute Gasteiger partial charge is 0.167 e. The number of hydrogen-bond donors (Lipinski definition) is 1. The Balaban J connectivity index is 2.43. The van der Waals surface area contributed by atoms with Crippen molar-refractivity contribution < 1.29 is 9.13 Å². The standard InChI is InChI=1S/C14H12Cl2FNO/c1-8(18)10-3-2-4-12(17)14(10)19-13-6-5-9(15)7-11(13)16/h2-8H,18H2,1H3/t8-/m0/s1. The average Bonchev–Trinajstić information content (AvgIpc) is 2.34. The topological polar surface area (TPSA) is 35.2 Å². The molecule has 19 heavy (non-hydrogen) atoms. The molecule has 0 spiro atoms. The third-order valence-corrected chi connectivity index (χ3v) is 3.12. The number of halogens is 3. The fraction of sp³-hybridized carbons (Fsp3) is 0.143. The largest absolute Gasteiger partial charge is 0.452 e. The van der Waals surface area contributed by atoms with E-state index in [0.717, 1.165) is 0 Å². The summed E-state index contributed by atoms with van der Waals surface area (Å²) < 4.78 is 19.4. The van der Waals surface area contributed by atoms with E-state index >= 15 is 0 Å². The third kappa shape index (κ3) is 3.18. The Hall–Kier alpha value is -1.29. The zero-order valence-corrected chi connectivity index (χ0v) is 11.7. The number of hydrogen-bond acceptors (Lipinski definition) is 2. The normalized spacial score (nSPS) is 12.3. The third-order valence-electron chi connectivity index (χ3n) is 2.59. The summed E-state index contributed by atoms with van der Waals surface area (Å²) in [5, 5.41) is 0.796. The molecule has 0 heterocycles. The number of ether oxygens (including phenoxy) is 1. The summed E-state index contributed by atoms with van der Waals surface area (Å²) >= 11 is 11.8. The van der Waals surface area contributed by atoms with Crippen molar-refractivity contribution in [3.05, 3.63) is 57.8 Å².